The van der Waals surface area contributed by atoms with Crippen molar-refractivity contribution in [1.82, 2.24) is 4.98 Å². The fraction of sp³-hybridized carbons (Fsp3) is 0.320. The molecular formula is C25H28IrNO-. The van der Waals surface area contributed by atoms with Gasteiger partial charge < -0.3 is 9.72 Å². The molecule has 1 aromatic heterocycles. The van der Waals surface area contributed by atoms with E-state index in [0.29, 0.717) is 5.92 Å². The van der Waals surface area contributed by atoms with Crippen LogP contribution in [0.2, 0.25) is 0 Å². The molecule has 3 aromatic rings. The second-order valence-corrected chi connectivity index (χ2v) is 7.74. The molecule has 1 heterocycles. The summed E-state index contributed by atoms with van der Waals surface area (Å²) in [4.78, 5) is 4.65. The van der Waals surface area contributed by atoms with Crippen molar-refractivity contribution in [3.8, 4) is 28.1 Å². The van der Waals surface area contributed by atoms with Crippen LogP contribution >= 0.6 is 0 Å². The summed E-state index contributed by atoms with van der Waals surface area (Å²) in [6.45, 7) is 10.9. The zero-order valence-corrected chi connectivity index (χ0v) is 19.9. The summed E-state index contributed by atoms with van der Waals surface area (Å²) in [6.07, 6.45) is 2.90. The minimum Gasteiger partial charge on any atom is -0.497 e. The molecule has 1 radical (unpaired) electrons. The standard InChI is InChI=1S/C25H28NO.Ir/c1-16(2)11-22-15-26-23(14-24(22)27-6)20-7-9-21(10-8-20)25-18(4)12-17(3)13-19(25)5;/h7,9-10,12-16H,11H2,1-6H3;/q-1;. The van der Waals surface area contributed by atoms with Crippen LogP contribution in [0, 0.1) is 32.8 Å². The molecule has 0 bridgehead atoms. The van der Waals surface area contributed by atoms with Crippen LogP contribution in [0.25, 0.3) is 22.4 Å². The zero-order chi connectivity index (χ0) is 19.6. The summed E-state index contributed by atoms with van der Waals surface area (Å²) in [5.74, 6) is 1.47. The minimum atomic E-state index is 0. The Morgan fingerprint density at radius 2 is 1.71 bits per heavy atom. The third kappa shape index (κ3) is 4.90. The second kappa shape index (κ2) is 9.49. The summed E-state index contributed by atoms with van der Waals surface area (Å²) in [7, 11) is 1.72. The van der Waals surface area contributed by atoms with Crippen LogP contribution in [0.3, 0.4) is 0 Å². The van der Waals surface area contributed by atoms with Gasteiger partial charge in [0.2, 0.25) is 0 Å². The van der Waals surface area contributed by atoms with Gasteiger partial charge in [0.1, 0.15) is 5.75 Å². The van der Waals surface area contributed by atoms with Crippen LogP contribution in [0.1, 0.15) is 36.1 Å². The van der Waals surface area contributed by atoms with Crippen LogP contribution < -0.4 is 4.74 Å². The first-order valence-corrected chi connectivity index (χ1v) is 9.52. The van der Waals surface area contributed by atoms with E-state index in [2.05, 4.69) is 76.0 Å². The van der Waals surface area contributed by atoms with Crippen LogP contribution in [-0.2, 0) is 26.5 Å². The Balaban J connectivity index is 0.00000280. The summed E-state index contributed by atoms with van der Waals surface area (Å²) in [5.41, 5.74) is 9.40. The number of nitrogens with zero attached hydrogens (tertiary/aromatic N) is 1. The Hall–Kier alpha value is -1.96. The Morgan fingerprint density at radius 3 is 2.25 bits per heavy atom. The summed E-state index contributed by atoms with van der Waals surface area (Å²) in [5, 5.41) is 0. The molecule has 0 spiro atoms. The van der Waals surface area contributed by atoms with E-state index >= 15 is 0 Å². The maximum Gasteiger partial charge on any atom is 0.116 e. The molecule has 28 heavy (non-hydrogen) atoms. The average Bonchev–Trinajstić information content (AvgIpc) is 2.61. The van der Waals surface area contributed by atoms with E-state index in [9.17, 15) is 0 Å². The van der Waals surface area contributed by atoms with Crippen molar-refractivity contribution >= 4 is 0 Å². The first kappa shape index (κ1) is 22.3. The van der Waals surface area contributed by atoms with E-state index in [1.807, 2.05) is 12.3 Å². The molecule has 0 amide bonds. The first-order valence-electron chi connectivity index (χ1n) is 9.52. The number of ether oxygens (including phenoxy) is 1. The van der Waals surface area contributed by atoms with Gasteiger partial charge >= 0.3 is 0 Å². The molecule has 0 fully saturated rings. The molecule has 0 aliphatic carbocycles. The molecule has 149 valence electrons. The molecule has 0 saturated heterocycles. The maximum absolute atomic E-state index is 5.59. The largest absolute Gasteiger partial charge is 0.497 e. The average molecular weight is 551 g/mol. The summed E-state index contributed by atoms with van der Waals surface area (Å²) < 4.78 is 5.59. The van der Waals surface area contributed by atoms with Gasteiger partial charge in [-0.25, -0.2) is 0 Å². The van der Waals surface area contributed by atoms with Crippen molar-refractivity contribution < 1.29 is 24.8 Å². The SMILES string of the molecule is COc1cc(-c2[c-]cc(-c3c(C)cc(C)cc3C)cc2)ncc1CC(C)C.[Ir]. The van der Waals surface area contributed by atoms with E-state index in [1.165, 1.54) is 27.8 Å². The van der Waals surface area contributed by atoms with Gasteiger partial charge in [0.05, 0.1) is 7.11 Å². The summed E-state index contributed by atoms with van der Waals surface area (Å²) in [6, 6.07) is 16.2. The number of rotatable bonds is 5. The van der Waals surface area contributed by atoms with Gasteiger partial charge in [-0.2, -0.15) is 0 Å². The molecule has 0 saturated carbocycles. The topological polar surface area (TPSA) is 22.1 Å². The third-order valence-corrected chi connectivity index (χ3v) is 4.85. The van der Waals surface area contributed by atoms with Crippen molar-refractivity contribution in [2.24, 2.45) is 5.92 Å². The van der Waals surface area contributed by atoms with Crippen LogP contribution in [0.15, 0.2) is 42.6 Å². The monoisotopic (exact) mass is 551 g/mol. The number of methoxy groups -OCH3 is 1. The van der Waals surface area contributed by atoms with E-state index in [4.69, 9.17) is 4.74 Å². The predicted octanol–water partition coefficient (Wildman–Crippen LogP) is 6.35. The number of hydrogen-bond donors (Lipinski definition) is 0. The van der Waals surface area contributed by atoms with Gasteiger partial charge in [0, 0.05) is 31.9 Å². The molecule has 2 aromatic carbocycles. The third-order valence-electron chi connectivity index (χ3n) is 4.85. The fourth-order valence-electron chi connectivity index (χ4n) is 3.77. The smallest absolute Gasteiger partial charge is 0.116 e. The predicted molar refractivity (Wildman–Crippen MR) is 113 cm³/mol. The number of benzene rings is 2. The Morgan fingerprint density at radius 1 is 1.04 bits per heavy atom. The van der Waals surface area contributed by atoms with Crippen molar-refractivity contribution in [2.45, 2.75) is 41.0 Å². The molecule has 3 heteroatoms. The van der Waals surface area contributed by atoms with Crippen LogP contribution in [-0.4, -0.2) is 12.1 Å². The van der Waals surface area contributed by atoms with Crippen molar-refractivity contribution in [3.63, 3.8) is 0 Å². The van der Waals surface area contributed by atoms with Gasteiger partial charge in [-0.15, -0.1) is 29.8 Å². The maximum atomic E-state index is 5.59. The normalized spacial score (nSPS) is 10.7. The van der Waals surface area contributed by atoms with Crippen molar-refractivity contribution in [3.05, 3.63) is 70.9 Å². The van der Waals surface area contributed by atoms with Gasteiger partial charge in [0.25, 0.3) is 0 Å². The molecule has 0 unspecified atom stereocenters. The van der Waals surface area contributed by atoms with E-state index in [1.54, 1.807) is 7.11 Å². The first-order chi connectivity index (χ1) is 12.9. The molecular weight excluding hydrogens is 522 g/mol. The minimum absolute atomic E-state index is 0. The van der Waals surface area contributed by atoms with E-state index in [-0.39, 0.29) is 20.1 Å². The summed E-state index contributed by atoms with van der Waals surface area (Å²) >= 11 is 0. The van der Waals surface area contributed by atoms with Crippen LogP contribution in [0.4, 0.5) is 0 Å². The molecule has 0 atom stereocenters. The Kier molecular flexibility index (Phi) is 7.57. The van der Waals surface area contributed by atoms with E-state index < -0.39 is 0 Å². The molecule has 0 aliphatic heterocycles. The van der Waals surface area contributed by atoms with E-state index in [0.717, 1.165) is 29.0 Å². The van der Waals surface area contributed by atoms with Gasteiger partial charge in [-0.05, 0) is 44.9 Å². The van der Waals surface area contributed by atoms with Crippen LogP contribution in [0.5, 0.6) is 5.75 Å². The Bertz CT molecular complexity index is 922. The Labute approximate surface area is 182 Å². The van der Waals surface area contributed by atoms with Gasteiger partial charge in [-0.1, -0.05) is 53.8 Å². The molecule has 0 aliphatic rings. The zero-order valence-electron chi connectivity index (χ0n) is 17.5. The van der Waals surface area contributed by atoms with Gasteiger partial charge in [0.15, 0.2) is 0 Å². The number of aryl methyl sites for hydroxylation is 3. The van der Waals surface area contributed by atoms with Crippen molar-refractivity contribution in [2.75, 3.05) is 7.11 Å². The number of pyridine rings is 1. The van der Waals surface area contributed by atoms with Gasteiger partial charge in [-0.3, -0.25) is 0 Å². The number of hydrogen-bond acceptors (Lipinski definition) is 2. The fourth-order valence-corrected chi connectivity index (χ4v) is 3.77. The molecule has 3 rings (SSSR count). The molecule has 2 nitrogen and oxygen atoms in total. The second-order valence-electron chi connectivity index (χ2n) is 7.74. The quantitative estimate of drug-likeness (QED) is 0.346. The van der Waals surface area contributed by atoms with Crippen molar-refractivity contribution in [1.29, 1.82) is 0 Å². The molecule has 0 N–H and O–H groups in total. The number of aromatic nitrogens is 1.